The summed E-state index contributed by atoms with van der Waals surface area (Å²) in [6, 6.07) is 5.83. The van der Waals surface area contributed by atoms with Gasteiger partial charge in [-0.25, -0.2) is 4.79 Å². The molecule has 0 bridgehead atoms. The summed E-state index contributed by atoms with van der Waals surface area (Å²) in [4.78, 5) is 15.3. The number of ether oxygens (including phenoxy) is 1. The number of carbonyl (C=O) groups is 1. The van der Waals surface area contributed by atoms with Crippen molar-refractivity contribution in [2.75, 3.05) is 13.1 Å². The largest absolute Gasteiger partial charge is 0.444 e. The van der Waals surface area contributed by atoms with Crippen molar-refractivity contribution in [3.63, 3.8) is 0 Å². The van der Waals surface area contributed by atoms with Gasteiger partial charge >= 0.3 is 12.3 Å². The van der Waals surface area contributed by atoms with E-state index >= 15 is 0 Å². The van der Waals surface area contributed by atoms with Gasteiger partial charge in [-0.05, 0) is 64.0 Å². The normalized spacial score (nSPS) is 25.1. The van der Waals surface area contributed by atoms with Crippen molar-refractivity contribution in [2.24, 2.45) is 17.3 Å². The van der Waals surface area contributed by atoms with Crippen LogP contribution in [0.15, 0.2) is 48.1 Å². The van der Waals surface area contributed by atoms with Gasteiger partial charge in [0.05, 0.1) is 5.56 Å². The van der Waals surface area contributed by atoms with E-state index in [2.05, 4.69) is 30.5 Å². The molecule has 2 saturated carbocycles. The maximum absolute atomic E-state index is 13.4. The first-order valence-corrected chi connectivity index (χ1v) is 13.1. The molecule has 0 heterocycles. The summed E-state index contributed by atoms with van der Waals surface area (Å²) < 4.78 is 46.0. The third-order valence-corrected chi connectivity index (χ3v) is 7.75. The Morgan fingerprint density at radius 1 is 1.19 bits per heavy atom. The molecule has 36 heavy (non-hydrogen) atoms. The highest BCUT2D eigenvalue weighted by atomic mass is 19.4. The van der Waals surface area contributed by atoms with Gasteiger partial charge in [-0.15, -0.1) is 0 Å². The van der Waals surface area contributed by atoms with Crippen LogP contribution < -0.4 is 5.32 Å². The van der Waals surface area contributed by atoms with E-state index in [0.717, 1.165) is 38.2 Å². The van der Waals surface area contributed by atoms with Gasteiger partial charge in [0.15, 0.2) is 0 Å². The van der Waals surface area contributed by atoms with E-state index in [0.29, 0.717) is 24.9 Å². The number of nitrogens with zero attached hydrogens (tertiary/aromatic N) is 1. The first kappa shape index (κ1) is 26.8. The Morgan fingerprint density at radius 3 is 2.53 bits per heavy atom. The van der Waals surface area contributed by atoms with E-state index in [4.69, 9.17) is 4.74 Å². The lowest BCUT2D eigenvalue weighted by Crippen LogP contribution is -2.51. The smallest absolute Gasteiger partial charge is 0.416 e. The molecule has 3 aliphatic carbocycles. The molecule has 7 heteroatoms. The molecule has 4 rings (SSSR count). The first-order valence-electron chi connectivity index (χ1n) is 13.1. The Hall–Kier alpha value is -2.28. The topological polar surface area (TPSA) is 41.6 Å². The number of nitrogens with one attached hydrogen (secondary N) is 1. The van der Waals surface area contributed by atoms with Crippen LogP contribution in [0.2, 0.25) is 0 Å². The average molecular weight is 505 g/mol. The van der Waals surface area contributed by atoms with Crippen LogP contribution in [0.4, 0.5) is 18.0 Å². The number of hydrogen-bond acceptors (Lipinski definition) is 3. The van der Waals surface area contributed by atoms with E-state index in [1.807, 2.05) is 25.7 Å². The van der Waals surface area contributed by atoms with Crippen LogP contribution in [0.3, 0.4) is 0 Å². The lowest BCUT2D eigenvalue weighted by atomic mass is 9.68. The summed E-state index contributed by atoms with van der Waals surface area (Å²) >= 11 is 0. The number of benzene rings is 1. The maximum atomic E-state index is 13.4. The van der Waals surface area contributed by atoms with E-state index < -0.39 is 17.3 Å². The zero-order valence-corrected chi connectivity index (χ0v) is 21.8. The van der Waals surface area contributed by atoms with E-state index in [1.54, 1.807) is 6.07 Å². The van der Waals surface area contributed by atoms with Crippen LogP contribution >= 0.6 is 0 Å². The molecule has 198 valence electrons. The molecule has 1 aromatic carbocycles. The highest BCUT2D eigenvalue weighted by Gasteiger charge is 2.51. The van der Waals surface area contributed by atoms with Crippen LogP contribution in [0.1, 0.15) is 70.9 Å². The highest BCUT2D eigenvalue weighted by Crippen LogP contribution is 2.49. The minimum atomic E-state index is -4.37. The van der Waals surface area contributed by atoms with Crippen molar-refractivity contribution >= 4 is 6.09 Å². The molecular formula is C29H39F3N2O2. The summed E-state index contributed by atoms with van der Waals surface area (Å²) in [5, 5.41) is 3.29. The molecule has 0 saturated heterocycles. The molecule has 0 radical (unpaired) electrons. The summed E-state index contributed by atoms with van der Waals surface area (Å²) in [6.07, 6.45) is 6.74. The minimum Gasteiger partial charge on any atom is -0.444 e. The van der Waals surface area contributed by atoms with E-state index in [-0.39, 0.29) is 29.7 Å². The fraction of sp³-hybridized carbons (Fsp3) is 0.621. The standard InChI is InChI=1S/C29H39F3N2O2/c1-20-10-5-7-12-22(20)23-16-25(23)34(26(35)36-27(2,3)4)19-28(14-9-15-28)18-33-17-21-11-6-8-13-24(21)29(30,31)32/h5-8,11-13,20,23,25,33H,9-10,14-19H2,1-4H3/t20?,23-,25+/m1/s1. The molecule has 1 amide bonds. The van der Waals surface area contributed by atoms with Crippen LogP contribution in [0, 0.1) is 17.3 Å². The Kier molecular flexibility index (Phi) is 7.61. The number of rotatable bonds is 8. The fourth-order valence-corrected chi connectivity index (χ4v) is 5.62. The highest BCUT2D eigenvalue weighted by molar-refractivity contribution is 5.69. The van der Waals surface area contributed by atoms with Gasteiger partial charge in [0.25, 0.3) is 0 Å². The SMILES string of the molecule is CC1CC=CC=C1[C@H]1C[C@@H]1N(CC1(CNCc2ccccc2C(F)(F)F)CCC1)C(=O)OC(C)(C)C. The molecular weight excluding hydrogens is 465 g/mol. The van der Waals surface area contributed by atoms with E-state index in [9.17, 15) is 18.0 Å². The second-order valence-electron chi connectivity index (χ2n) is 11.9. The predicted octanol–water partition coefficient (Wildman–Crippen LogP) is 7.11. The summed E-state index contributed by atoms with van der Waals surface area (Å²) in [6.45, 7) is 9.14. The molecule has 0 aliphatic heterocycles. The van der Waals surface area contributed by atoms with E-state index in [1.165, 1.54) is 17.7 Å². The molecule has 3 aliphatic rings. The van der Waals surface area contributed by atoms with Gasteiger partial charge in [-0.2, -0.15) is 13.2 Å². The number of carbonyl (C=O) groups excluding carboxylic acids is 1. The van der Waals surface area contributed by atoms with Crippen molar-refractivity contribution in [3.8, 4) is 0 Å². The van der Waals surface area contributed by atoms with Crippen LogP contribution in [-0.4, -0.2) is 35.7 Å². The molecule has 1 N–H and O–H groups in total. The predicted molar refractivity (Wildman–Crippen MR) is 135 cm³/mol. The van der Waals surface area contributed by atoms with Crippen molar-refractivity contribution in [3.05, 3.63) is 59.2 Å². The zero-order chi connectivity index (χ0) is 26.1. The van der Waals surface area contributed by atoms with Gasteiger partial charge in [0, 0.05) is 37.0 Å². The lowest BCUT2D eigenvalue weighted by Gasteiger charge is -2.45. The molecule has 4 nitrogen and oxygen atoms in total. The molecule has 2 fully saturated rings. The summed E-state index contributed by atoms with van der Waals surface area (Å²) in [5.41, 5.74) is 0.313. The number of amides is 1. The van der Waals surface area contributed by atoms with Crippen LogP contribution in [-0.2, 0) is 17.5 Å². The summed E-state index contributed by atoms with van der Waals surface area (Å²) in [5.74, 6) is 0.819. The van der Waals surface area contributed by atoms with Gasteiger partial charge in [0.1, 0.15) is 5.60 Å². The Morgan fingerprint density at radius 2 is 1.92 bits per heavy atom. The molecule has 0 aromatic heterocycles. The lowest BCUT2D eigenvalue weighted by molar-refractivity contribution is -0.138. The van der Waals surface area contributed by atoms with Crippen molar-refractivity contribution < 1.29 is 22.7 Å². The number of alkyl halides is 3. The number of hydrogen-bond donors (Lipinski definition) is 1. The Bertz CT molecular complexity index is 1000. The van der Waals surface area contributed by atoms with Gasteiger partial charge in [-0.3, -0.25) is 0 Å². The Labute approximate surface area is 213 Å². The molecule has 1 unspecified atom stereocenters. The molecule has 3 atom stereocenters. The Balaban J connectivity index is 1.45. The minimum absolute atomic E-state index is 0.114. The first-order chi connectivity index (χ1) is 16.9. The zero-order valence-electron chi connectivity index (χ0n) is 21.8. The maximum Gasteiger partial charge on any atom is 0.416 e. The van der Waals surface area contributed by atoms with Crippen molar-refractivity contribution in [2.45, 2.75) is 84.2 Å². The second-order valence-corrected chi connectivity index (χ2v) is 11.9. The third-order valence-electron chi connectivity index (χ3n) is 7.75. The average Bonchev–Trinajstić information content (AvgIpc) is 3.54. The van der Waals surface area contributed by atoms with Gasteiger partial charge in [0.2, 0.25) is 0 Å². The van der Waals surface area contributed by atoms with Gasteiger partial charge in [-0.1, -0.05) is 55.3 Å². The third kappa shape index (κ3) is 6.34. The van der Waals surface area contributed by atoms with Crippen molar-refractivity contribution in [1.29, 1.82) is 0 Å². The van der Waals surface area contributed by atoms with Gasteiger partial charge < -0.3 is 15.0 Å². The molecule has 1 aromatic rings. The monoisotopic (exact) mass is 504 g/mol. The number of allylic oxidation sites excluding steroid dienone is 3. The number of halogens is 3. The van der Waals surface area contributed by atoms with Crippen LogP contribution in [0.25, 0.3) is 0 Å². The molecule has 0 spiro atoms. The second kappa shape index (κ2) is 10.2. The van der Waals surface area contributed by atoms with Crippen LogP contribution in [0.5, 0.6) is 0 Å². The summed E-state index contributed by atoms with van der Waals surface area (Å²) in [7, 11) is 0. The van der Waals surface area contributed by atoms with Crippen molar-refractivity contribution in [1.82, 2.24) is 10.2 Å². The quantitative estimate of drug-likeness (QED) is 0.410. The fourth-order valence-electron chi connectivity index (χ4n) is 5.62.